The molecule has 1 saturated carbocycles. The molecule has 2 atom stereocenters. The Bertz CT molecular complexity index is 348. The van der Waals surface area contributed by atoms with Crippen LogP contribution in [0.2, 0.25) is 5.02 Å². The summed E-state index contributed by atoms with van der Waals surface area (Å²) < 4.78 is 0. The fraction of sp³-hybridized carbons (Fsp3) is 0.636. The lowest BCUT2D eigenvalue weighted by Crippen LogP contribution is -2.32. The van der Waals surface area contributed by atoms with Crippen LogP contribution in [0.15, 0.2) is 12.5 Å². The average Bonchev–Trinajstić information content (AvgIpc) is 2.48. The van der Waals surface area contributed by atoms with Gasteiger partial charge in [0.2, 0.25) is 0 Å². The molecule has 2 N–H and O–H groups in total. The molecule has 0 aromatic carbocycles. The Labute approximate surface area is 100 Å². The summed E-state index contributed by atoms with van der Waals surface area (Å²) in [5, 5.41) is 13.7. The number of rotatable bonds is 2. The third kappa shape index (κ3) is 2.83. The molecule has 1 aliphatic carbocycles. The molecular formula is C11H16ClN3O. The number of aromatic nitrogens is 2. The summed E-state index contributed by atoms with van der Waals surface area (Å²) in [5.41, 5.74) is 0. The largest absolute Gasteiger partial charge is 0.391 e. The Morgan fingerprint density at radius 2 is 2.12 bits per heavy atom. The Kier molecular flexibility index (Phi) is 3.96. The number of halogens is 1. The lowest BCUT2D eigenvalue weighted by Gasteiger charge is -2.22. The molecule has 0 bridgehead atoms. The number of anilines is 1. The van der Waals surface area contributed by atoms with Crippen molar-refractivity contribution in [2.24, 2.45) is 0 Å². The van der Waals surface area contributed by atoms with E-state index in [2.05, 4.69) is 15.3 Å². The van der Waals surface area contributed by atoms with Crippen molar-refractivity contribution in [1.29, 1.82) is 0 Å². The van der Waals surface area contributed by atoms with Crippen LogP contribution in [-0.4, -0.2) is 27.2 Å². The van der Waals surface area contributed by atoms with Crippen LogP contribution in [0.3, 0.4) is 0 Å². The van der Waals surface area contributed by atoms with Crippen LogP contribution in [-0.2, 0) is 0 Å². The van der Waals surface area contributed by atoms with Gasteiger partial charge in [-0.3, -0.25) is 0 Å². The molecule has 88 valence electrons. The Morgan fingerprint density at radius 1 is 1.31 bits per heavy atom. The SMILES string of the molecule is OC1CCCCCC1Nc1ncncc1Cl. The van der Waals surface area contributed by atoms with Crippen molar-refractivity contribution in [2.75, 3.05) is 5.32 Å². The second kappa shape index (κ2) is 5.46. The van der Waals surface area contributed by atoms with Gasteiger partial charge >= 0.3 is 0 Å². The van der Waals surface area contributed by atoms with Gasteiger partial charge in [-0.2, -0.15) is 0 Å². The summed E-state index contributed by atoms with van der Waals surface area (Å²) in [5.74, 6) is 0.614. The smallest absolute Gasteiger partial charge is 0.148 e. The summed E-state index contributed by atoms with van der Waals surface area (Å²) >= 11 is 5.96. The molecule has 1 aliphatic rings. The van der Waals surface area contributed by atoms with Crippen LogP contribution in [0, 0.1) is 0 Å². The molecule has 0 amide bonds. The van der Waals surface area contributed by atoms with Gasteiger partial charge in [0.15, 0.2) is 0 Å². The predicted molar refractivity (Wildman–Crippen MR) is 63.5 cm³/mol. The molecule has 16 heavy (non-hydrogen) atoms. The number of aliphatic hydroxyl groups is 1. The van der Waals surface area contributed by atoms with Gasteiger partial charge in [0.05, 0.1) is 18.3 Å². The highest BCUT2D eigenvalue weighted by atomic mass is 35.5. The van der Waals surface area contributed by atoms with Gasteiger partial charge in [0.25, 0.3) is 0 Å². The highest BCUT2D eigenvalue weighted by Gasteiger charge is 2.22. The fourth-order valence-corrected chi connectivity index (χ4v) is 2.21. The van der Waals surface area contributed by atoms with Crippen molar-refractivity contribution in [2.45, 2.75) is 44.2 Å². The Hall–Kier alpha value is -0.870. The lowest BCUT2D eigenvalue weighted by atomic mass is 10.1. The highest BCUT2D eigenvalue weighted by Crippen LogP contribution is 2.23. The van der Waals surface area contributed by atoms with E-state index in [1.54, 1.807) is 6.20 Å². The van der Waals surface area contributed by atoms with Gasteiger partial charge in [-0.1, -0.05) is 30.9 Å². The Balaban J connectivity index is 2.05. The molecule has 0 radical (unpaired) electrons. The molecule has 1 heterocycles. The van der Waals surface area contributed by atoms with Crippen molar-refractivity contribution in [3.63, 3.8) is 0 Å². The standard InChI is InChI=1S/C11H16ClN3O/c12-8-6-13-7-14-11(8)15-9-4-2-1-3-5-10(9)16/h6-7,9-10,16H,1-5H2,(H,13,14,15). The van der Waals surface area contributed by atoms with E-state index in [-0.39, 0.29) is 12.1 Å². The fourth-order valence-electron chi connectivity index (χ4n) is 2.05. The lowest BCUT2D eigenvalue weighted by molar-refractivity contribution is 0.144. The monoisotopic (exact) mass is 241 g/mol. The summed E-state index contributed by atoms with van der Waals surface area (Å²) in [7, 11) is 0. The minimum absolute atomic E-state index is 0.0508. The first-order valence-electron chi connectivity index (χ1n) is 5.67. The molecule has 0 saturated heterocycles. The summed E-state index contributed by atoms with van der Waals surface area (Å²) in [6.45, 7) is 0. The van der Waals surface area contributed by atoms with Gasteiger partial charge in [0.1, 0.15) is 17.2 Å². The van der Waals surface area contributed by atoms with E-state index >= 15 is 0 Å². The zero-order chi connectivity index (χ0) is 11.4. The van der Waals surface area contributed by atoms with Crippen molar-refractivity contribution < 1.29 is 5.11 Å². The molecule has 1 aromatic rings. The van der Waals surface area contributed by atoms with Crippen molar-refractivity contribution in [3.05, 3.63) is 17.5 Å². The average molecular weight is 242 g/mol. The molecule has 0 spiro atoms. The van der Waals surface area contributed by atoms with Gasteiger partial charge in [-0.15, -0.1) is 0 Å². The van der Waals surface area contributed by atoms with Crippen molar-refractivity contribution >= 4 is 17.4 Å². The van der Waals surface area contributed by atoms with Gasteiger partial charge in [-0.05, 0) is 12.8 Å². The van der Waals surface area contributed by atoms with E-state index in [0.29, 0.717) is 10.8 Å². The van der Waals surface area contributed by atoms with Crippen LogP contribution in [0.25, 0.3) is 0 Å². The maximum absolute atomic E-state index is 9.95. The maximum atomic E-state index is 9.95. The normalized spacial score (nSPS) is 26.1. The molecule has 4 nitrogen and oxygen atoms in total. The van der Waals surface area contributed by atoms with Gasteiger partial charge in [-0.25, -0.2) is 9.97 Å². The van der Waals surface area contributed by atoms with E-state index in [9.17, 15) is 5.11 Å². The number of aliphatic hydroxyl groups excluding tert-OH is 1. The zero-order valence-corrected chi connectivity index (χ0v) is 9.82. The van der Waals surface area contributed by atoms with Crippen LogP contribution in [0.5, 0.6) is 0 Å². The van der Waals surface area contributed by atoms with Crippen LogP contribution in [0.1, 0.15) is 32.1 Å². The zero-order valence-electron chi connectivity index (χ0n) is 9.06. The van der Waals surface area contributed by atoms with Crippen LogP contribution < -0.4 is 5.32 Å². The van der Waals surface area contributed by atoms with E-state index in [0.717, 1.165) is 25.7 Å². The van der Waals surface area contributed by atoms with Crippen LogP contribution >= 0.6 is 11.6 Å². The van der Waals surface area contributed by atoms with Crippen LogP contribution in [0.4, 0.5) is 5.82 Å². The number of hydrogen-bond donors (Lipinski definition) is 2. The number of hydrogen-bond acceptors (Lipinski definition) is 4. The summed E-state index contributed by atoms with van der Waals surface area (Å²) in [4.78, 5) is 7.90. The minimum Gasteiger partial charge on any atom is -0.391 e. The molecule has 1 fully saturated rings. The van der Waals surface area contributed by atoms with E-state index in [1.165, 1.54) is 12.7 Å². The first-order chi connectivity index (χ1) is 7.77. The first kappa shape index (κ1) is 11.6. The topological polar surface area (TPSA) is 58.0 Å². The molecule has 0 aliphatic heterocycles. The maximum Gasteiger partial charge on any atom is 0.148 e. The van der Waals surface area contributed by atoms with Crippen molar-refractivity contribution in [1.82, 2.24) is 9.97 Å². The van der Waals surface area contributed by atoms with Gasteiger partial charge in [0, 0.05) is 0 Å². The minimum atomic E-state index is -0.312. The second-order valence-electron chi connectivity index (χ2n) is 4.18. The molecule has 2 unspecified atom stereocenters. The van der Waals surface area contributed by atoms with E-state index < -0.39 is 0 Å². The van der Waals surface area contributed by atoms with E-state index in [4.69, 9.17) is 11.6 Å². The third-order valence-electron chi connectivity index (χ3n) is 2.97. The molecular weight excluding hydrogens is 226 g/mol. The number of nitrogens with zero attached hydrogens (tertiary/aromatic N) is 2. The summed E-state index contributed by atoms with van der Waals surface area (Å²) in [6.07, 6.45) is 7.92. The highest BCUT2D eigenvalue weighted by molar-refractivity contribution is 6.32. The molecule has 5 heteroatoms. The molecule has 1 aromatic heterocycles. The number of nitrogens with one attached hydrogen (secondary N) is 1. The predicted octanol–water partition coefficient (Wildman–Crippen LogP) is 2.24. The quantitative estimate of drug-likeness (QED) is 0.780. The van der Waals surface area contributed by atoms with E-state index in [1.807, 2.05) is 0 Å². The first-order valence-corrected chi connectivity index (χ1v) is 6.05. The van der Waals surface area contributed by atoms with Crippen molar-refractivity contribution in [3.8, 4) is 0 Å². The second-order valence-corrected chi connectivity index (χ2v) is 4.58. The third-order valence-corrected chi connectivity index (χ3v) is 3.25. The van der Waals surface area contributed by atoms with Gasteiger partial charge < -0.3 is 10.4 Å². The Morgan fingerprint density at radius 3 is 2.94 bits per heavy atom. The summed E-state index contributed by atoms with van der Waals surface area (Å²) in [6, 6.07) is 0.0508. The molecule has 2 rings (SSSR count).